The van der Waals surface area contributed by atoms with Gasteiger partial charge in [0.2, 0.25) is 5.91 Å². The number of carbonyl (C=O) groups is 1. The highest BCUT2D eigenvalue weighted by Crippen LogP contribution is 2.11. The molecule has 1 heterocycles. The number of halogens is 1. The highest BCUT2D eigenvalue weighted by Gasteiger charge is 2.24. The molecule has 0 aromatic heterocycles. The first-order chi connectivity index (χ1) is 5.63. The van der Waals surface area contributed by atoms with Gasteiger partial charge in [0, 0.05) is 13.1 Å². The number of nitrogens with zero attached hydrogens (tertiary/aromatic N) is 1. The van der Waals surface area contributed by atoms with Crippen LogP contribution in [0, 0.1) is 0 Å². The van der Waals surface area contributed by atoms with E-state index in [4.69, 9.17) is 4.74 Å². The normalized spacial score (nSPS) is 30.4. The standard InChI is InChI=1S/C8H14INO2/c1-6-4-10(8(11)3-9)5-7(2)12-6/h6-7H,3-5H2,1-2H3/t6-,7?/m1/s1. The van der Waals surface area contributed by atoms with Crippen molar-refractivity contribution >= 4 is 28.5 Å². The van der Waals surface area contributed by atoms with E-state index >= 15 is 0 Å². The average molecular weight is 283 g/mol. The van der Waals surface area contributed by atoms with E-state index in [1.54, 1.807) is 0 Å². The van der Waals surface area contributed by atoms with Crippen molar-refractivity contribution in [3.05, 3.63) is 0 Å². The molecule has 0 aromatic carbocycles. The molecule has 1 aliphatic heterocycles. The number of amides is 1. The summed E-state index contributed by atoms with van der Waals surface area (Å²) in [5.74, 6) is 0.220. The minimum atomic E-state index is 0.181. The minimum absolute atomic E-state index is 0.181. The maximum Gasteiger partial charge on any atom is 0.232 e. The minimum Gasteiger partial charge on any atom is -0.372 e. The zero-order valence-corrected chi connectivity index (χ0v) is 9.58. The van der Waals surface area contributed by atoms with Crippen molar-refractivity contribution < 1.29 is 9.53 Å². The van der Waals surface area contributed by atoms with Gasteiger partial charge < -0.3 is 9.64 Å². The Balaban J connectivity index is 2.49. The molecule has 0 saturated carbocycles. The van der Waals surface area contributed by atoms with E-state index in [0.29, 0.717) is 4.43 Å². The topological polar surface area (TPSA) is 29.5 Å². The first-order valence-electron chi connectivity index (χ1n) is 4.12. The Hall–Kier alpha value is 0.160. The highest BCUT2D eigenvalue weighted by atomic mass is 127. The summed E-state index contributed by atoms with van der Waals surface area (Å²) in [6.45, 7) is 5.49. The molecule has 3 nitrogen and oxygen atoms in total. The molecule has 4 heteroatoms. The Morgan fingerprint density at radius 1 is 1.50 bits per heavy atom. The number of alkyl halides is 1. The fourth-order valence-electron chi connectivity index (χ4n) is 1.47. The van der Waals surface area contributed by atoms with Crippen molar-refractivity contribution in [3.8, 4) is 0 Å². The Morgan fingerprint density at radius 2 is 2.00 bits per heavy atom. The molecule has 1 amide bonds. The SMILES string of the molecule is CC1CN(C(=O)CI)C[C@@H](C)O1. The lowest BCUT2D eigenvalue weighted by atomic mass is 10.2. The predicted octanol–water partition coefficient (Wildman–Crippen LogP) is 1.06. The van der Waals surface area contributed by atoms with E-state index in [9.17, 15) is 4.79 Å². The molecule has 0 spiro atoms. The maximum atomic E-state index is 11.3. The number of carbonyl (C=O) groups excluding carboxylic acids is 1. The van der Waals surface area contributed by atoms with Crippen molar-refractivity contribution in [2.24, 2.45) is 0 Å². The van der Waals surface area contributed by atoms with Gasteiger partial charge in [-0.25, -0.2) is 0 Å². The molecule has 70 valence electrons. The van der Waals surface area contributed by atoms with Gasteiger partial charge in [-0.1, -0.05) is 22.6 Å². The monoisotopic (exact) mass is 283 g/mol. The van der Waals surface area contributed by atoms with Gasteiger partial charge in [-0.15, -0.1) is 0 Å². The third-order valence-electron chi connectivity index (χ3n) is 1.89. The zero-order chi connectivity index (χ0) is 9.14. The van der Waals surface area contributed by atoms with Crippen LogP contribution >= 0.6 is 22.6 Å². The number of ether oxygens (including phenoxy) is 1. The van der Waals surface area contributed by atoms with Crippen LogP contribution in [-0.2, 0) is 9.53 Å². The smallest absolute Gasteiger partial charge is 0.232 e. The molecule has 0 aromatic rings. The summed E-state index contributed by atoms with van der Waals surface area (Å²) in [5.41, 5.74) is 0. The van der Waals surface area contributed by atoms with Gasteiger partial charge in [0.15, 0.2) is 0 Å². The Labute approximate surface area is 86.6 Å². The molecule has 0 radical (unpaired) electrons. The molecule has 0 N–H and O–H groups in total. The van der Waals surface area contributed by atoms with Crippen LogP contribution in [-0.4, -0.2) is 40.5 Å². The van der Waals surface area contributed by atoms with Gasteiger partial charge in [0.1, 0.15) is 0 Å². The number of rotatable bonds is 1. The molecule has 2 atom stereocenters. The van der Waals surface area contributed by atoms with E-state index in [0.717, 1.165) is 13.1 Å². The van der Waals surface area contributed by atoms with Crippen LogP contribution in [0.15, 0.2) is 0 Å². The van der Waals surface area contributed by atoms with E-state index in [1.807, 2.05) is 18.7 Å². The highest BCUT2D eigenvalue weighted by molar-refractivity contribution is 14.1. The van der Waals surface area contributed by atoms with Crippen LogP contribution in [0.4, 0.5) is 0 Å². The predicted molar refractivity (Wildman–Crippen MR) is 55.5 cm³/mol. The quantitative estimate of drug-likeness (QED) is 0.532. The Morgan fingerprint density at radius 3 is 2.42 bits per heavy atom. The maximum absolute atomic E-state index is 11.3. The first-order valence-corrected chi connectivity index (χ1v) is 5.65. The summed E-state index contributed by atoms with van der Waals surface area (Å²) in [7, 11) is 0. The molecule has 0 aliphatic carbocycles. The van der Waals surface area contributed by atoms with E-state index in [2.05, 4.69) is 22.6 Å². The molecule has 1 saturated heterocycles. The zero-order valence-electron chi connectivity index (χ0n) is 7.42. The summed E-state index contributed by atoms with van der Waals surface area (Å²) >= 11 is 2.10. The lowest BCUT2D eigenvalue weighted by molar-refractivity contribution is -0.140. The summed E-state index contributed by atoms with van der Waals surface area (Å²) < 4.78 is 6.08. The average Bonchev–Trinajstić information content (AvgIpc) is 2.01. The van der Waals surface area contributed by atoms with Gasteiger partial charge in [-0.05, 0) is 13.8 Å². The Bertz CT molecular complexity index is 164. The molecule has 1 unspecified atom stereocenters. The van der Waals surface area contributed by atoms with Crippen molar-refractivity contribution in [1.29, 1.82) is 0 Å². The molecule has 0 bridgehead atoms. The summed E-state index contributed by atoms with van der Waals surface area (Å²) in [6, 6.07) is 0. The van der Waals surface area contributed by atoms with Gasteiger partial charge in [-0.3, -0.25) is 4.79 Å². The van der Waals surface area contributed by atoms with Crippen LogP contribution in [0.2, 0.25) is 0 Å². The van der Waals surface area contributed by atoms with Gasteiger partial charge in [-0.2, -0.15) is 0 Å². The van der Waals surface area contributed by atoms with Gasteiger partial charge in [0.05, 0.1) is 16.6 Å². The fraction of sp³-hybridized carbons (Fsp3) is 0.875. The van der Waals surface area contributed by atoms with Crippen LogP contribution < -0.4 is 0 Å². The molecule has 1 aliphatic rings. The molecular weight excluding hydrogens is 269 g/mol. The largest absolute Gasteiger partial charge is 0.372 e. The molecule has 1 fully saturated rings. The lowest BCUT2D eigenvalue weighted by Gasteiger charge is -2.35. The van der Waals surface area contributed by atoms with Crippen molar-refractivity contribution in [2.45, 2.75) is 26.1 Å². The van der Waals surface area contributed by atoms with E-state index < -0.39 is 0 Å². The third-order valence-corrected chi connectivity index (χ3v) is 2.54. The molecule has 1 rings (SSSR count). The van der Waals surface area contributed by atoms with Crippen molar-refractivity contribution in [1.82, 2.24) is 4.90 Å². The molecular formula is C8H14INO2. The second-order valence-electron chi connectivity index (χ2n) is 3.19. The van der Waals surface area contributed by atoms with E-state index in [1.165, 1.54) is 0 Å². The summed E-state index contributed by atoms with van der Waals surface area (Å²) in [6.07, 6.45) is 0.362. The van der Waals surface area contributed by atoms with Crippen molar-refractivity contribution in [3.63, 3.8) is 0 Å². The number of hydrogen-bond acceptors (Lipinski definition) is 2. The van der Waals surface area contributed by atoms with Gasteiger partial charge in [0.25, 0.3) is 0 Å². The number of morpholine rings is 1. The first kappa shape index (κ1) is 10.2. The Kier molecular flexibility index (Phi) is 3.77. The third kappa shape index (κ3) is 2.58. The van der Waals surface area contributed by atoms with Crippen LogP contribution in [0.3, 0.4) is 0 Å². The summed E-state index contributed by atoms with van der Waals surface area (Å²) in [5, 5.41) is 0. The molecule has 12 heavy (non-hydrogen) atoms. The van der Waals surface area contributed by atoms with Crippen LogP contribution in [0.25, 0.3) is 0 Å². The van der Waals surface area contributed by atoms with Crippen LogP contribution in [0.5, 0.6) is 0 Å². The van der Waals surface area contributed by atoms with Crippen LogP contribution in [0.1, 0.15) is 13.8 Å². The second-order valence-corrected chi connectivity index (χ2v) is 3.95. The second kappa shape index (κ2) is 4.41. The van der Waals surface area contributed by atoms with Crippen molar-refractivity contribution in [2.75, 3.05) is 17.5 Å². The summed E-state index contributed by atoms with van der Waals surface area (Å²) in [4.78, 5) is 13.2. The van der Waals surface area contributed by atoms with Gasteiger partial charge >= 0.3 is 0 Å². The fourth-order valence-corrected chi connectivity index (χ4v) is 1.95. The lowest BCUT2D eigenvalue weighted by Crippen LogP contribution is -2.48. The van der Waals surface area contributed by atoms with E-state index in [-0.39, 0.29) is 18.1 Å². The number of hydrogen-bond donors (Lipinski definition) is 0.